The molecule has 0 spiro atoms. The van der Waals surface area contributed by atoms with E-state index < -0.39 is 0 Å². The van der Waals surface area contributed by atoms with Crippen LogP contribution in [-0.2, 0) is 16.0 Å². The number of allylic oxidation sites excluding steroid dienone is 2. The molecule has 2 heterocycles. The zero-order chi connectivity index (χ0) is 22.3. The number of H-pyrrole nitrogens is 1. The monoisotopic (exact) mass is 445 g/mol. The van der Waals surface area contributed by atoms with Gasteiger partial charge in [-0.2, -0.15) is 0 Å². The van der Waals surface area contributed by atoms with Crippen molar-refractivity contribution in [2.75, 3.05) is 13.1 Å². The summed E-state index contributed by atoms with van der Waals surface area (Å²) in [6, 6.07) is 17.7. The van der Waals surface area contributed by atoms with Gasteiger partial charge in [-0.05, 0) is 41.5 Å². The zero-order valence-electron chi connectivity index (χ0n) is 17.4. The third-order valence-corrected chi connectivity index (χ3v) is 6.09. The Morgan fingerprint density at radius 1 is 1.06 bits per heavy atom. The van der Waals surface area contributed by atoms with Crippen molar-refractivity contribution in [2.24, 2.45) is 0 Å². The molecule has 3 amide bonds. The molecule has 32 heavy (non-hydrogen) atoms. The lowest BCUT2D eigenvalue weighted by atomic mass is 10.1. The number of carbonyl (C=O) groups excluding carboxylic acids is 3. The third-order valence-electron chi connectivity index (χ3n) is 5.16. The smallest absolute Gasteiger partial charge is 0.293 e. The van der Waals surface area contributed by atoms with Crippen molar-refractivity contribution in [3.8, 4) is 0 Å². The fourth-order valence-electron chi connectivity index (χ4n) is 3.49. The van der Waals surface area contributed by atoms with Crippen molar-refractivity contribution in [3.63, 3.8) is 0 Å². The molecular formula is C25H23N3O3S. The fraction of sp³-hybridized carbons (Fsp3) is 0.160. The van der Waals surface area contributed by atoms with Gasteiger partial charge in [-0.3, -0.25) is 19.3 Å². The van der Waals surface area contributed by atoms with Crippen LogP contribution in [0.5, 0.6) is 0 Å². The van der Waals surface area contributed by atoms with E-state index in [1.54, 1.807) is 12.2 Å². The molecule has 0 unspecified atom stereocenters. The first-order valence-electron chi connectivity index (χ1n) is 10.4. The van der Waals surface area contributed by atoms with Gasteiger partial charge in [0.15, 0.2) is 0 Å². The minimum absolute atomic E-state index is 0.0727. The summed E-state index contributed by atoms with van der Waals surface area (Å²) in [7, 11) is 0. The Balaban J connectivity index is 1.24. The van der Waals surface area contributed by atoms with Gasteiger partial charge in [0.1, 0.15) is 0 Å². The number of aromatic amines is 1. The minimum Gasteiger partial charge on any atom is -0.361 e. The van der Waals surface area contributed by atoms with Gasteiger partial charge >= 0.3 is 0 Å². The summed E-state index contributed by atoms with van der Waals surface area (Å²) >= 11 is 0.898. The molecule has 1 aromatic heterocycles. The molecule has 0 radical (unpaired) electrons. The molecule has 162 valence electrons. The van der Waals surface area contributed by atoms with Crippen molar-refractivity contribution in [1.29, 1.82) is 0 Å². The summed E-state index contributed by atoms with van der Waals surface area (Å²) in [4.78, 5) is 41.6. The molecule has 1 fully saturated rings. The summed E-state index contributed by atoms with van der Waals surface area (Å²) in [6.07, 6.45) is 8.00. The summed E-state index contributed by atoms with van der Waals surface area (Å²) in [6.45, 7) is 0.566. The Labute approximate surface area is 190 Å². The van der Waals surface area contributed by atoms with Gasteiger partial charge in [-0.1, -0.05) is 60.7 Å². The maximum atomic E-state index is 12.5. The van der Waals surface area contributed by atoms with Crippen molar-refractivity contribution in [2.45, 2.75) is 12.8 Å². The Bertz CT molecular complexity index is 1200. The van der Waals surface area contributed by atoms with Gasteiger partial charge in [0.25, 0.3) is 11.1 Å². The van der Waals surface area contributed by atoms with Crippen LogP contribution in [0.1, 0.15) is 17.5 Å². The average molecular weight is 446 g/mol. The number of carbonyl (C=O) groups is 3. The van der Waals surface area contributed by atoms with Crippen LogP contribution in [0.2, 0.25) is 0 Å². The lowest BCUT2D eigenvalue weighted by Crippen LogP contribution is -2.34. The van der Waals surface area contributed by atoms with Gasteiger partial charge in [0, 0.05) is 36.6 Å². The highest BCUT2D eigenvalue weighted by Crippen LogP contribution is 2.30. The molecule has 7 heteroatoms. The molecule has 4 rings (SSSR count). The highest BCUT2D eigenvalue weighted by atomic mass is 32.2. The van der Waals surface area contributed by atoms with E-state index in [2.05, 4.69) is 10.3 Å². The maximum Gasteiger partial charge on any atom is 0.293 e. The lowest BCUT2D eigenvalue weighted by Gasteiger charge is -2.12. The number of nitrogens with zero attached hydrogens (tertiary/aromatic N) is 1. The first-order chi connectivity index (χ1) is 15.6. The van der Waals surface area contributed by atoms with Gasteiger partial charge in [0.05, 0.1) is 4.91 Å². The number of hydrogen-bond acceptors (Lipinski definition) is 4. The number of imide groups is 1. The molecule has 2 aromatic carbocycles. The number of thioether (sulfide) groups is 1. The largest absolute Gasteiger partial charge is 0.361 e. The van der Waals surface area contributed by atoms with E-state index in [0.717, 1.165) is 38.7 Å². The van der Waals surface area contributed by atoms with Gasteiger partial charge < -0.3 is 10.3 Å². The lowest BCUT2D eigenvalue weighted by molar-refractivity contribution is -0.124. The van der Waals surface area contributed by atoms with Crippen LogP contribution in [0.4, 0.5) is 4.79 Å². The SMILES string of the molecule is O=C(CCN1C(=O)S/C(=C\C=C\c2ccccc2)C1=O)NCCc1c[nH]c2ccccc12. The van der Waals surface area contributed by atoms with E-state index in [1.165, 1.54) is 0 Å². The highest BCUT2D eigenvalue weighted by Gasteiger charge is 2.34. The molecule has 3 aromatic rings. The Kier molecular flexibility index (Phi) is 6.87. The van der Waals surface area contributed by atoms with Crippen LogP contribution < -0.4 is 5.32 Å². The van der Waals surface area contributed by atoms with Gasteiger partial charge in [-0.25, -0.2) is 0 Å². The minimum atomic E-state index is -0.357. The molecule has 0 bridgehead atoms. The summed E-state index contributed by atoms with van der Waals surface area (Å²) in [5.74, 6) is -0.541. The highest BCUT2D eigenvalue weighted by molar-refractivity contribution is 8.18. The molecular weight excluding hydrogens is 422 g/mol. The van der Waals surface area contributed by atoms with Gasteiger partial charge in [0.2, 0.25) is 5.91 Å². The number of fused-ring (bicyclic) bond motifs is 1. The maximum absolute atomic E-state index is 12.5. The second-order valence-electron chi connectivity index (χ2n) is 7.33. The predicted molar refractivity (Wildman–Crippen MR) is 128 cm³/mol. The molecule has 6 nitrogen and oxygen atoms in total. The van der Waals surface area contributed by atoms with Crippen LogP contribution in [0.25, 0.3) is 17.0 Å². The van der Waals surface area contributed by atoms with E-state index in [4.69, 9.17) is 0 Å². The van der Waals surface area contributed by atoms with Crippen molar-refractivity contribution in [3.05, 3.63) is 89.0 Å². The normalized spacial score (nSPS) is 15.4. The molecule has 0 aliphatic carbocycles. The number of nitrogens with one attached hydrogen (secondary N) is 2. The number of benzene rings is 2. The summed E-state index contributed by atoms with van der Waals surface area (Å²) < 4.78 is 0. The molecule has 1 aliphatic rings. The Morgan fingerprint density at radius 2 is 1.84 bits per heavy atom. The number of aromatic nitrogens is 1. The molecule has 0 atom stereocenters. The van der Waals surface area contributed by atoms with Crippen LogP contribution in [0.15, 0.2) is 77.9 Å². The Morgan fingerprint density at radius 3 is 2.69 bits per heavy atom. The summed E-state index contributed by atoms with van der Waals surface area (Å²) in [5, 5.41) is 3.67. The van der Waals surface area contributed by atoms with Crippen molar-refractivity contribution < 1.29 is 14.4 Å². The van der Waals surface area contributed by atoms with Crippen molar-refractivity contribution in [1.82, 2.24) is 15.2 Å². The van der Waals surface area contributed by atoms with Crippen LogP contribution in [-0.4, -0.2) is 40.0 Å². The first-order valence-corrected chi connectivity index (χ1v) is 11.2. The Hall–Kier alpha value is -3.58. The predicted octanol–water partition coefficient (Wildman–Crippen LogP) is 4.51. The quantitative estimate of drug-likeness (QED) is 0.500. The number of amides is 3. The van der Waals surface area contributed by atoms with Gasteiger partial charge in [-0.15, -0.1) is 0 Å². The standard InChI is InChI=1S/C25H23N3O3S/c29-23(26-15-13-19-17-27-21-11-5-4-10-20(19)21)14-16-28-24(30)22(32-25(28)31)12-6-9-18-7-2-1-3-8-18/h1-12,17,27H,13-16H2,(H,26,29)/b9-6+,22-12-. The van der Waals surface area contributed by atoms with Crippen LogP contribution in [0.3, 0.4) is 0 Å². The van der Waals surface area contributed by atoms with E-state index >= 15 is 0 Å². The first kappa shape index (κ1) is 21.6. The second-order valence-corrected chi connectivity index (χ2v) is 8.33. The van der Waals surface area contributed by atoms with Crippen molar-refractivity contribution >= 4 is 45.8 Å². The molecule has 0 saturated carbocycles. The zero-order valence-corrected chi connectivity index (χ0v) is 18.2. The fourth-order valence-corrected chi connectivity index (χ4v) is 4.31. The van der Waals surface area contributed by atoms with Crippen LogP contribution >= 0.6 is 11.8 Å². The van der Waals surface area contributed by atoms with Crippen LogP contribution in [0, 0.1) is 0 Å². The molecule has 1 saturated heterocycles. The second kappa shape index (κ2) is 10.2. The number of rotatable bonds is 8. The average Bonchev–Trinajstić information content (AvgIpc) is 3.33. The number of hydrogen-bond donors (Lipinski definition) is 2. The summed E-state index contributed by atoms with van der Waals surface area (Å²) in [5.41, 5.74) is 3.22. The third kappa shape index (κ3) is 5.18. The number of para-hydroxylation sites is 1. The van der Waals surface area contributed by atoms with E-state index in [1.807, 2.05) is 66.9 Å². The molecule has 1 aliphatic heterocycles. The van der Waals surface area contributed by atoms with E-state index in [-0.39, 0.29) is 30.0 Å². The van der Waals surface area contributed by atoms with E-state index in [0.29, 0.717) is 17.9 Å². The molecule has 2 N–H and O–H groups in total. The topological polar surface area (TPSA) is 82.3 Å². The van der Waals surface area contributed by atoms with E-state index in [9.17, 15) is 14.4 Å².